The molecule has 4 nitrogen and oxygen atoms in total. The molecule has 3 rings (SSSR count). The van der Waals surface area contributed by atoms with Crippen molar-refractivity contribution >= 4 is 33.5 Å². The molecule has 1 heterocycles. The van der Waals surface area contributed by atoms with Crippen LogP contribution < -0.4 is 5.32 Å². The average molecular weight is 311 g/mol. The highest BCUT2D eigenvalue weighted by Gasteiger charge is 2.11. The van der Waals surface area contributed by atoms with Crippen molar-refractivity contribution in [2.45, 2.75) is 32.6 Å². The van der Waals surface area contributed by atoms with E-state index in [0.29, 0.717) is 6.42 Å². The van der Waals surface area contributed by atoms with Gasteiger partial charge in [0, 0.05) is 35.4 Å². The number of hydrogen-bond donors (Lipinski definition) is 2. The molecule has 0 aliphatic carbocycles. The summed E-state index contributed by atoms with van der Waals surface area (Å²) in [6.07, 6.45) is 1.34. The normalized spacial score (nSPS) is 12.7. The first-order chi connectivity index (χ1) is 11.1. The predicted molar refractivity (Wildman–Crippen MR) is 92.8 cm³/mol. The van der Waals surface area contributed by atoms with Crippen molar-refractivity contribution in [3.63, 3.8) is 0 Å². The Morgan fingerprint density at radius 1 is 1.17 bits per heavy atom. The minimum Gasteiger partial charge on any atom is -0.456 e. The van der Waals surface area contributed by atoms with Crippen LogP contribution in [0, 0.1) is 0 Å². The Kier molecular flexibility index (Phi) is 4.35. The molecule has 1 aromatic heterocycles. The zero-order valence-corrected chi connectivity index (χ0v) is 13.4. The third-order valence-corrected chi connectivity index (χ3v) is 4.10. The lowest BCUT2D eigenvalue weighted by atomic mass is 10.00. The monoisotopic (exact) mass is 311 g/mol. The Labute approximate surface area is 135 Å². The smallest absolute Gasteiger partial charge is 0.224 e. The summed E-state index contributed by atoms with van der Waals surface area (Å²) in [6, 6.07) is 11.7. The van der Waals surface area contributed by atoms with Crippen LogP contribution in [0.15, 0.2) is 40.8 Å². The van der Waals surface area contributed by atoms with Crippen LogP contribution in [0.1, 0.15) is 38.2 Å². The number of furan rings is 1. The molecule has 1 unspecified atom stereocenters. The molecular weight excluding hydrogens is 290 g/mol. The van der Waals surface area contributed by atoms with E-state index in [0.717, 1.165) is 39.6 Å². The molecule has 1 atom stereocenters. The summed E-state index contributed by atoms with van der Waals surface area (Å²) < 4.78 is 5.85. The highest BCUT2D eigenvalue weighted by atomic mass is 16.3. The van der Waals surface area contributed by atoms with Gasteiger partial charge in [-0.25, -0.2) is 0 Å². The fraction of sp³-hybridized carbons (Fsp3) is 0.316. The van der Waals surface area contributed by atoms with Crippen molar-refractivity contribution in [1.82, 2.24) is 0 Å². The van der Waals surface area contributed by atoms with E-state index in [4.69, 9.17) is 4.42 Å². The zero-order chi connectivity index (χ0) is 16.4. The zero-order valence-electron chi connectivity index (χ0n) is 13.4. The SMILES string of the molecule is CCCC(=O)Nc1ccc2oc3ccc(C(C)CO)cc3c2c1. The summed E-state index contributed by atoms with van der Waals surface area (Å²) in [5.41, 5.74) is 3.45. The fourth-order valence-electron chi connectivity index (χ4n) is 2.74. The largest absolute Gasteiger partial charge is 0.456 e. The Morgan fingerprint density at radius 3 is 2.57 bits per heavy atom. The summed E-state index contributed by atoms with van der Waals surface area (Å²) >= 11 is 0. The summed E-state index contributed by atoms with van der Waals surface area (Å²) in [5, 5.41) is 14.2. The van der Waals surface area contributed by atoms with Crippen molar-refractivity contribution in [3.05, 3.63) is 42.0 Å². The van der Waals surface area contributed by atoms with Crippen molar-refractivity contribution in [1.29, 1.82) is 0 Å². The average Bonchev–Trinajstić information content (AvgIpc) is 2.91. The van der Waals surface area contributed by atoms with E-state index >= 15 is 0 Å². The Bertz CT molecular complexity index is 850. The quantitative estimate of drug-likeness (QED) is 0.733. The van der Waals surface area contributed by atoms with E-state index in [-0.39, 0.29) is 18.4 Å². The molecule has 3 aromatic rings. The number of aliphatic hydroxyl groups excluding tert-OH is 1. The van der Waals surface area contributed by atoms with Gasteiger partial charge in [0.2, 0.25) is 5.91 Å². The van der Waals surface area contributed by atoms with Crippen LogP contribution in [0.4, 0.5) is 5.69 Å². The minimum absolute atomic E-state index is 0.0224. The molecule has 4 heteroatoms. The topological polar surface area (TPSA) is 62.5 Å². The van der Waals surface area contributed by atoms with Gasteiger partial charge in [0.25, 0.3) is 0 Å². The first-order valence-corrected chi connectivity index (χ1v) is 7.99. The van der Waals surface area contributed by atoms with Crippen LogP contribution in [-0.4, -0.2) is 17.6 Å². The number of hydrogen-bond acceptors (Lipinski definition) is 3. The minimum atomic E-state index is 0.0224. The van der Waals surface area contributed by atoms with Crippen molar-refractivity contribution in [2.75, 3.05) is 11.9 Å². The summed E-state index contributed by atoms with van der Waals surface area (Å²) in [4.78, 5) is 11.8. The fourth-order valence-corrected chi connectivity index (χ4v) is 2.74. The van der Waals surface area contributed by atoms with Crippen LogP contribution in [-0.2, 0) is 4.79 Å². The summed E-state index contributed by atoms with van der Waals surface area (Å²) in [5.74, 6) is 0.103. The van der Waals surface area contributed by atoms with E-state index in [2.05, 4.69) is 11.4 Å². The Morgan fingerprint density at radius 2 is 1.87 bits per heavy atom. The summed E-state index contributed by atoms with van der Waals surface area (Å²) in [7, 11) is 0. The number of carbonyl (C=O) groups excluding carboxylic acids is 1. The van der Waals surface area contributed by atoms with Gasteiger partial charge in [0.05, 0.1) is 0 Å². The van der Waals surface area contributed by atoms with E-state index in [9.17, 15) is 9.90 Å². The van der Waals surface area contributed by atoms with E-state index in [1.807, 2.05) is 44.2 Å². The second kappa shape index (κ2) is 6.42. The van der Waals surface area contributed by atoms with Gasteiger partial charge in [-0.1, -0.05) is 19.9 Å². The Balaban J connectivity index is 2.05. The first kappa shape index (κ1) is 15.6. The van der Waals surface area contributed by atoms with Crippen LogP contribution in [0.2, 0.25) is 0 Å². The number of aliphatic hydroxyl groups is 1. The molecule has 0 radical (unpaired) electrons. The van der Waals surface area contributed by atoms with Gasteiger partial charge in [-0.2, -0.15) is 0 Å². The third-order valence-electron chi connectivity index (χ3n) is 4.10. The molecule has 0 saturated heterocycles. The van der Waals surface area contributed by atoms with E-state index in [1.54, 1.807) is 0 Å². The van der Waals surface area contributed by atoms with Crippen molar-refractivity contribution in [3.8, 4) is 0 Å². The third kappa shape index (κ3) is 3.08. The van der Waals surface area contributed by atoms with E-state index in [1.165, 1.54) is 0 Å². The molecule has 2 aromatic carbocycles. The Hall–Kier alpha value is -2.33. The predicted octanol–water partition coefficient (Wildman–Crippen LogP) is 4.42. The number of fused-ring (bicyclic) bond motifs is 3. The second-order valence-electron chi connectivity index (χ2n) is 5.95. The van der Waals surface area contributed by atoms with Crippen molar-refractivity contribution in [2.24, 2.45) is 0 Å². The van der Waals surface area contributed by atoms with Gasteiger partial charge in [0.1, 0.15) is 11.2 Å². The number of carbonyl (C=O) groups is 1. The van der Waals surface area contributed by atoms with Crippen molar-refractivity contribution < 1.29 is 14.3 Å². The molecule has 0 bridgehead atoms. The molecule has 23 heavy (non-hydrogen) atoms. The summed E-state index contributed by atoms with van der Waals surface area (Å²) in [6.45, 7) is 4.08. The number of anilines is 1. The molecule has 0 aliphatic rings. The molecule has 1 amide bonds. The molecule has 0 fully saturated rings. The lowest BCUT2D eigenvalue weighted by molar-refractivity contribution is -0.116. The standard InChI is InChI=1S/C19H21NO3/c1-3-4-19(22)20-14-6-8-18-16(10-14)15-9-13(12(2)11-21)5-7-17(15)23-18/h5-10,12,21H,3-4,11H2,1-2H3,(H,20,22). The van der Waals surface area contributed by atoms with Gasteiger partial charge >= 0.3 is 0 Å². The van der Waals surface area contributed by atoms with Gasteiger partial charge < -0.3 is 14.8 Å². The van der Waals surface area contributed by atoms with Gasteiger partial charge in [-0.3, -0.25) is 4.79 Å². The number of rotatable bonds is 5. The number of nitrogens with one attached hydrogen (secondary N) is 1. The highest BCUT2D eigenvalue weighted by Crippen LogP contribution is 2.32. The van der Waals surface area contributed by atoms with Gasteiger partial charge in [-0.15, -0.1) is 0 Å². The molecule has 120 valence electrons. The molecule has 0 spiro atoms. The van der Waals surface area contributed by atoms with Gasteiger partial charge in [0.15, 0.2) is 0 Å². The number of benzene rings is 2. The van der Waals surface area contributed by atoms with Crippen LogP contribution in [0.3, 0.4) is 0 Å². The van der Waals surface area contributed by atoms with Crippen LogP contribution in [0.25, 0.3) is 21.9 Å². The van der Waals surface area contributed by atoms with Gasteiger partial charge in [-0.05, 0) is 42.3 Å². The number of amides is 1. The highest BCUT2D eigenvalue weighted by molar-refractivity contribution is 6.07. The molecule has 0 saturated carbocycles. The van der Waals surface area contributed by atoms with Crippen LogP contribution in [0.5, 0.6) is 0 Å². The molecule has 2 N–H and O–H groups in total. The van der Waals surface area contributed by atoms with E-state index < -0.39 is 0 Å². The molecule has 0 aliphatic heterocycles. The first-order valence-electron chi connectivity index (χ1n) is 7.99. The maximum atomic E-state index is 11.8. The molecular formula is C19H21NO3. The lowest BCUT2D eigenvalue weighted by Gasteiger charge is -2.07. The van der Waals surface area contributed by atoms with Crippen LogP contribution >= 0.6 is 0 Å². The maximum absolute atomic E-state index is 11.8. The lowest BCUT2D eigenvalue weighted by Crippen LogP contribution is -2.10. The second-order valence-corrected chi connectivity index (χ2v) is 5.95. The maximum Gasteiger partial charge on any atom is 0.224 e.